The second kappa shape index (κ2) is 16.4. The van der Waals surface area contributed by atoms with Crippen LogP contribution in [0.2, 0.25) is 0 Å². The van der Waals surface area contributed by atoms with E-state index in [1.807, 2.05) is 0 Å². The van der Waals surface area contributed by atoms with Gasteiger partial charge in [0.2, 0.25) is 5.65 Å². The average molecular weight is 605 g/mol. The van der Waals surface area contributed by atoms with Gasteiger partial charge in [-0.3, -0.25) is 23.7 Å². The van der Waals surface area contributed by atoms with Crippen LogP contribution in [0.15, 0.2) is 12.7 Å². The number of nitrogen functional groups attached to an aromatic ring is 1. The summed E-state index contributed by atoms with van der Waals surface area (Å²) in [6.45, 7) is 2.63. The maximum absolute atomic E-state index is 13.5. The predicted octanol–water partition coefficient (Wildman–Crippen LogP) is 0.0271. The molecular formula is C22H32N5O13P. The van der Waals surface area contributed by atoms with Crippen molar-refractivity contribution in [3.05, 3.63) is 12.7 Å². The molecule has 0 radical (unpaired) electrons. The highest BCUT2D eigenvalue weighted by Crippen LogP contribution is 2.48. The lowest BCUT2D eigenvalue weighted by molar-refractivity contribution is -0.159. The molecule has 0 amide bonds. The maximum Gasteiger partial charge on any atom is 0.356 e. The van der Waals surface area contributed by atoms with Gasteiger partial charge in [-0.1, -0.05) is 0 Å². The highest BCUT2D eigenvalue weighted by Gasteiger charge is 2.30. The van der Waals surface area contributed by atoms with Crippen molar-refractivity contribution in [3.8, 4) is 0 Å². The summed E-state index contributed by atoms with van der Waals surface area (Å²) in [4.78, 5) is 62.7. The Morgan fingerprint density at radius 3 is 1.90 bits per heavy atom. The van der Waals surface area contributed by atoms with Crippen LogP contribution in [-0.2, 0) is 56.5 Å². The van der Waals surface area contributed by atoms with E-state index < -0.39 is 63.2 Å². The quantitative estimate of drug-likeness (QED) is 0.102. The number of nitrogens with two attached hydrogens (primary N) is 1. The third kappa shape index (κ3) is 12.5. The molecule has 2 aromatic rings. The number of rotatable bonds is 18. The van der Waals surface area contributed by atoms with Crippen molar-refractivity contribution in [2.75, 3.05) is 51.7 Å². The molecule has 18 nitrogen and oxygen atoms in total. The minimum absolute atomic E-state index is 0.0551. The summed E-state index contributed by atoms with van der Waals surface area (Å²) in [6, 6.07) is 0. The van der Waals surface area contributed by atoms with Gasteiger partial charge in [-0.05, 0) is 0 Å². The Labute approximate surface area is 234 Å². The summed E-state index contributed by atoms with van der Waals surface area (Å²) in [5, 5.41) is 0. The molecule has 2 unspecified atom stereocenters. The Morgan fingerprint density at radius 1 is 0.829 bits per heavy atom. The Morgan fingerprint density at radius 2 is 1.39 bits per heavy atom. The van der Waals surface area contributed by atoms with E-state index in [1.165, 1.54) is 17.4 Å². The van der Waals surface area contributed by atoms with Gasteiger partial charge in [-0.15, -0.1) is 0 Å². The molecule has 0 fully saturated rings. The lowest BCUT2D eigenvalue weighted by atomic mass is 10.4. The standard InChI is InChI=1S/C22H32N5O13P/c1-14(28)34-7-18(39-16(3)30)9-37-41(32,38-10-19(40-17(4)31)8-35-15(2)29)13-33-5-6-36-27-12-26-20-21(23)24-11-25-22(20)27/h11-12,18-19H,5-10,13H2,1-4H3,(H2,23,24,25). The van der Waals surface area contributed by atoms with Crippen molar-refractivity contribution >= 4 is 48.5 Å². The molecule has 2 aromatic heterocycles. The van der Waals surface area contributed by atoms with Crippen molar-refractivity contribution in [2.45, 2.75) is 39.9 Å². The van der Waals surface area contributed by atoms with Crippen LogP contribution >= 0.6 is 7.60 Å². The van der Waals surface area contributed by atoms with Crippen LogP contribution < -0.4 is 10.6 Å². The second-order valence-electron chi connectivity index (χ2n) is 8.14. The molecule has 0 spiro atoms. The van der Waals surface area contributed by atoms with E-state index >= 15 is 0 Å². The fraction of sp³-hybridized carbons (Fsp3) is 0.591. The van der Waals surface area contributed by atoms with Crippen LogP contribution in [0, 0.1) is 0 Å². The van der Waals surface area contributed by atoms with Crippen LogP contribution in [0.3, 0.4) is 0 Å². The molecule has 2 atom stereocenters. The first-order chi connectivity index (χ1) is 19.4. The zero-order chi connectivity index (χ0) is 30.4. The molecule has 2 heterocycles. The molecule has 0 bridgehead atoms. The van der Waals surface area contributed by atoms with Gasteiger partial charge >= 0.3 is 31.5 Å². The normalized spacial score (nSPS) is 14.0. The van der Waals surface area contributed by atoms with E-state index in [0.717, 1.165) is 27.7 Å². The summed E-state index contributed by atoms with van der Waals surface area (Å²) in [5.41, 5.74) is 6.41. The highest BCUT2D eigenvalue weighted by atomic mass is 31.2. The van der Waals surface area contributed by atoms with Crippen molar-refractivity contribution in [1.82, 2.24) is 19.7 Å². The molecule has 19 heteroatoms. The Kier molecular flexibility index (Phi) is 13.4. The van der Waals surface area contributed by atoms with E-state index in [9.17, 15) is 23.7 Å². The van der Waals surface area contributed by atoms with Gasteiger partial charge in [0.25, 0.3) is 0 Å². The minimum atomic E-state index is -4.15. The monoisotopic (exact) mass is 605 g/mol. The first kappa shape index (κ1) is 33.3. The highest BCUT2D eigenvalue weighted by molar-refractivity contribution is 7.53. The number of hydrogen-bond donors (Lipinski definition) is 1. The Hall–Kier alpha value is -3.86. The number of ether oxygens (including phenoxy) is 5. The van der Waals surface area contributed by atoms with Crippen molar-refractivity contribution < 1.29 is 61.3 Å². The molecule has 41 heavy (non-hydrogen) atoms. The third-order valence-electron chi connectivity index (χ3n) is 4.56. The smallest absolute Gasteiger partial charge is 0.356 e. The number of hydrogen-bond acceptors (Lipinski definition) is 17. The summed E-state index contributed by atoms with van der Waals surface area (Å²) >= 11 is 0. The number of anilines is 1. The van der Waals surface area contributed by atoms with E-state index in [-0.39, 0.29) is 32.2 Å². The number of carbonyl (C=O) groups is 4. The lowest BCUT2D eigenvalue weighted by Gasteiger charge is -2.24. The van der Waals surface area contributed by atoms with Crippen molar-refractivity contribution in [1.29, 1.82) is 0 Å². The van der Waals surface area contributed by atoms with Crippen LogP contribution in [0.25, 0.3) is 11.2 Å². The largest absolute Gasteiger partial charge is 0.462 e. The fourth-order valence-corrected chi connectivity index (χ4v) is 4.29. The molecule has 2 rings (SSSR count). The molecule has 0 saturated carbocycles. The second-order valence-corrected chi connectivity index (χ2v) is 10.1. The number of imidazole rings is 1. The van der Waals surface area contributed by atoms with E-state index in [1.54, 1.807) is 0 Å². The van der Waals surface area contributed by atoms with Crippen LogP contribution in [0.1, 0.15) is 27.7 Å². The first-order valence-electron chi connectivity index (χ1n) is 12.0. The van der Waals surface area contributed by atoms with Gasteiger partial charge < -0.3 is 43.3 Å². The van der Waals surface area contributed by atoms with Crippen molar-refractivity contribution in [3.63, 3.8) is 0 Å². The molecule has 0 aliphatic rings. The molecule has 228 valence electrons. The first-order valence-corrected chi connectivity index (χ1v) is 13.7. The lowest BCUT2D eigenvalue weighted by Crippen LogP contribution is -2.30. The zero-order valence-electron chi connectivity index (χ0n) is 22.9. The maximum atomic E-state index is 13.5. The van der Waals surface area contributed by atoms with Crippen LogP contribution in [-0.4, -0.2) is 102 Å². The van der Waals surface area contributed by atoms with Gasteiger partial charge in [0.15, 0.2) is 23.5 Å². The van der Waals surface area contributed by atoms with E-state index in [2.05, 4.69) is 15.0 Å². The molecule has 0 saturated heterocycles. The predicted molar refractivity (Wildman–Crippen MR) is 136 cm³/mol. The summed E-state index contributed by atoms with van der Waals surface area (Å²) < 4.78 is 50.8. The van der Waals surface area contributed by atoms with Crippen LogP contribution in [0.4, 0.5) is 5.82 Å². The number of nitrogens with zero attached hydrogens (tertiary/aromatic N) is 4. The Balaban J connectivity index is 2.03. The number of aromatic nitrogens is 4. The van der Waals surface area contributed by atoms with Gasteiger partial charge in [0.05, 0.1) is 19.8 Å². The van der Waals surface area contributed by atoms with Gasteiger partial charge in [0.1, 0.15) is 38.8 Å². The third-order valence-corrected chi connectivity index (χ3v) is 6.15. The van der Waals surface area contributed by atoms with Gasteiger partial charge in [0, 0.05) is 27.7 Å². The van der Waals surface area contributed by atoms with Gasteiger partial charge in [-0.2, -0.15) is 4.73 Å². The molecule has 0 aromatic carbocycles. The SMILES string of the molecule is CC(=O)OCC(COP(=O)(COCCOn1cnc2c(N)ncnc21)OCC(COC(C)=O)OC(C)=O)OC(C)=O. The number of carbonyl (C=O) groups excluding carboxylic acids is 4. The summed E-state index contributed by atoms with van der Waals surface area (Å²) in [5.74, 6) is -2.51. The van der Waals surface area contributed by atoms with Crippen molar-refractivity contribution in [2.24, 2.45) is 0 Å². The van der Waals surface area contributed by atoms with Gasteiger partial charge in [-0.25, -0.2) is 15.0 Å². The Bertz CT molecular complexity index is 1190. The summed E-state index contributed by atoms with van der Waals surface area (Å²) in [6.07, 6.45) is -0.271. The average Bonchev–Trinajstić information content (AvgIpc) is 3.31. The topological polar surface area (TPSA) is 229 Å². The zero-order valence-corrected chi connectivity index (χ0v) is 23.8. The summed E-state index contributed by atoms with van der Waals surface area (Å²) in [7, 11) is -4.15. The minimum Gasteiger partial charge on any atom is -0.462 e. The molecule has 2 N–H and O–H groups in total. The molecule has 0 aliphatic heterocycles. The molecular weight excluding hydrogens is 573 g/mol. The fourth-order valence-electron chi connectivity index (χ4n) is 2.93. The number of fused-ring (bicyclic) bond motifs is 1. The van der Waals surface area contributed by atoms with Crippen LogP contribution in [0.5, 0.6) is 0 Å². The number of esters is 4. The molecule has 0 aliphatic carbocycles. The van der Waals surface area contributed by atoms with E-state index in [0.29, 0.717) is 11.2 Å². The van der Waals surface area contributed by atoms with E-state index in [4.69, 9.17) is 43.3 Å².